The molecule has 0 aromatic heterocycles. The highest BCUT2D eigenvalue weighted by molar-refractivity contribution is 9.10. The molecule has 2 aromatic carbocycles. The number of carbonyl (C=O) groups is 2. The average molecular weight is 360 g/mol. The topological polar surface area (TPSA) is 37.4 Å². The van der Waals surface area contributed by atoms with Crippen LogP contribution in [-0.2, 0) is 0 Å². The van der Waals surface area contributed by atoms with Gasteiger partial charge in [-0.2, -0.15) is 0 Å². The number of amides is 1. The molecule has 0 spiro atoms. The second kappa shape index (κ2) is 7.36. The second-order valence-electron chi connectivity index (χ2n) is 4.86. The van der Waals surface area contributed by atoms with Gasteiger partial charge >= 0.3 is 0 Å². The number of ketones is 1. The summed E-state index contributed by atoms with van der Waals surface area (Å²) in [5.74, 6) is -0.241. The standard InChI is InChI=1S/C18H18BrNO2/c1-3-20(4-2)18(22)16-8-6-5-7-15(16)17(21)13-9-11-14(19)12-10-13/h5-12H,3-4H2,1-2H3. The number of halogens is 1. The quantitative estimate of drug-likeness (QED) is 0.751. The number of nitrogens with zero attached hydrogens (tertiary/aromatic N) is 1. The molecule has 0 saturated carbocycles. The first-order valence-electron chi connectivity index (χ1n) is 7.27. The van der Waals surface area contributed by atoms with Gasteiger partial charge in [-0.25, -0.2) is 0 Å². The number of hydrogen-bond acceptors (Lipinski definition) is 2. The highest BCUT2D eigenvalue weighted by Crippen LogP contribution is 2.18. The van der Waals surface area contributed by atoms with E-state index in [1.54, 1.807) is 41.3 Å². The van der Waals surface area contributed by atoms with Crippen molar-refractivity contribution in [2.75, 3.05) is 13.1 Å². The van der Waals surface area contributed by atoms with E-state index in [1.807, 2.05) is 26.0 Å². The Hall–Kier alpha value is -1.94. The lowest BCUT2D eigenvalue weighted by Gasteiger charge is -2.20. The average Bonchev–Trinajstić information content (AvgIpc) is 2.56. The highest BCUT2D eigenvalue weighted by Gasteiger charge is 2.20. The molecule has 0 bridgehead atoms. The molecule has 22 heavy (non-hydrogen) atoms. The molecule has 0 aliphatic carbocycles. The lowest BCUT2D eigenvalue weighted by molar-refractivity contribution is 0.0768. The van der Waals surface area contributed by atoms with E-state index >= 15 is 0 Å². The molecule has 0 saturated heterocycles. The van der Waals surface area contributed by atoms with Gasteiger partial charge in [0.25, 0.3) is 5.91 Å². The lowest BCUT2D eigenvalue weighted by atomic mass is 9.97. The maximum atomic E-state index is 12.7. The first kappa shape index (κ1) is 16.4. The molecular weight excluding hydrogens is 342 g/mol. The molecule has 2 rings (SSSR count). The van der Waals surface area contributed by atoms with E-state index < -0.39 is 0 Å². The summed E-state index contributed by atoms with van der Waals surface area (Å²) in [6.45, 7) is 5.10. The zero-order valence-electron chi connectivity index (χ0n) is 12.7. The Balaban J connectivity index is 2.42. The third-order valence-corrected chi connectivity index (χ3v) is 4.09. The lowest BCUT2D eigenvalue weighted by Crippen LogP contribution is -2.31. The van der Waals surface area contributed by atoms with Crippen molar-refractivity contribution < 1.29 is 9.59 Å². The monoisotopic (exact) mass is 359 g/mol. The Kier molecular flexibility index (Phi) is 5.50. The van der Waals surface area contributed by atoms with Crippen LogP contribution in [0, 0.1) is 0 Å². The molecular formula is C18H18BrNO2. The van der Waals surface area contributed by atoms with Crippen molar-refractivity contribution >= 4 is 27.6 Å². The van der Waals surface area contributed by atoms with Crippen LogP contribution in [0.5, 0.6) is 0 Å². The van der Waals surface area contributed by atoms with Crippen molar-refractivity contribution in [3.63, 3.8) is 0 Å². The Morgan fingerprint density at radius 1 is 0.909 bits per heavy atom. The van der Waals surface area contributed by atoms with Gasteiger partial charge in [-0.15, -0.1) is 0 Å². The molecule has 0 heterocycles. The fourth-order valence-corrected chi connectivity index (χ4v) is 2.57. The number of rotatable bonds is 5. The van der Waals surface area contributed by atoms with Gasteiger partial charge in [0.15, 0.2) is 5.78 Å². The molecule has 0 aliphatic rings. The Labute approximate surface area is 139 Å². The molecule has 0 atom stereocenters. The van der Waals surface area contributed by atoms with E-state index in [0.717, 1.165) is 4.47 Å². The van der Waals surface area contributed by atoms with Gasteiger partial charge < -0.3 is 4.90 Å². The van der Waals surface area contributed by atoms with Crippen molar-refractivity contribution in [3.05, 3.63) is 69.7 Å². The molecule has 114 valence electrons. The summed E-state index contributed by atoms with van der Waals surface area (Å²) >= 11 is 3.35. The van der Waals surface area contributed by atoms with E-state index in [9.17, 15) is 9.59 Å². The van der Waals surface area contributed by atoms with Crippen molar-refractivity contribution in [2.45, 2.75) is 13.8 Å². The van der Waals surface area contributed by atoms with Gasteiger partial charge in [-0.3, -0.25) is 9.59 Å². The first-order chi connectivity index (χ1) is 10.6. The second-order valence-corrected chi connectivity index (χ2v) is 5.77. The van der Waals surface area contributed by atoms with E-state index in [4.69, 9.17) is 0 Å². The molecule has 2 aromatic rings. The Morgan fingerprint density at radius 2 is 1.45 bits per heavy atom. The summed E-state index contributed by atoms with van der Waals surface area (Å²) in [5, 5.41) is 0. The van der Waals surface area contributed by atoms with Crippen LogP contribution >= 0.6 is 15.9 Å². The van der Waals surface area contributed by atoms with Crippen LogP contribution in [0.1, 0.15) is 40.1 Å². The van der Waals surface area contributed by atoms with Crippen LogP contribution < -0.4 is 0 Å². The minimum absolute atomic E-state index is 0.105. The summed E-state index contributed by atoms with van der Waals surface area (Å²) in [6.07, 6.45) is 0. The van der Waals surface area contributed by atoms with Crippen molar-refractivity contribution in [2.24, 2.45) is 0 Å². The van der Waals surface area contributed by atoms with Gasteiger partial charge in [0.2, 0.25) is 0 Å². The third-order valence-electron chi connectivity index (χ3n) is 3.56. The van der Waals surface area contributed by atoms with Crippen molar-refractivity contribution in [1.29, 1.82) is 0 Å². The van der Waals surface area contributed by atoms with E-state index in [1.165, 1.54) is 0 Å². The van der Waals surface area contributed by atoms with Gasteiger partial charge in [-0.05, 0) is 44.2 Å². The molecule has 4 heteroatoms. The largest absolute Gasteiger partial charge is 0.339 e. The van der Waals surface area contributed by atoms with Crippen LogP contribution in [0.15, 0.2) is 53.0 Å². The zero-order chi connectivity index (χ0) is 16.1. The minimum atomic E-state index is -0.136. The van der Waals surface area contributed by atoms with Crippen LogP contribution in [0.4, 0.5) is 0 Å². The van der Waals surface area contributed by atoms with Crippen molar-refractivity contribution in [1.82, 2.24) is 4.90 Å². The number of hydrogen-bond donors (Lipinski definition) is 0. The fourth-order valence-electron chi connectivity index (χ4n) is 2.31. The summed E-state index contributed by atoms with van der Waals surface area (Å²) in [5.41, 5.74) is 1.48. The van der Waals surface area contributed by atoms with E-state index in [2.05, 4.69) is 15.9 Å². The molecule has 3 nitrogen and oxygen atoms in total. The van der Waals surface area contributed by atoms with Crippen LogP contribution in [0.25, 0.3) is 0 Å². The van der Waals surface area contributed by atoms with Gasteiger partial charge in [0.05, 0.1) is 5.56 Å². The molecule has 0 fully saturated rings. The van der Waals surface area contributed by atoms with Gasteiger partial charge in [-0.1, -0.05) is 34.1 Å². The minimum Gasteiger partial charge on any atom is -0.339 e. The summed E-state index contributed by atoms with van der Waals surface area (Å²) < 4.78 is 0.913. The van der Waals surface area contributed by atoms with E-state index in [0.29, 0.717) is 29.8 Å². The molecule has 1 amide bonds. The molecule has 0 unspecified atom stereocenters. The fraction of sp³-hybridized carbons (Fsp3) is 0.222. The van der Waals surface area contributed by atoms with Gasteiger partial charge in [0, 0.05) is 28.7 Å². The van der Waals surface area contributed by atoms with Crippen LogP contribution in [-0.4, -0.2) is 29.7 Å². The molecule has 0 aliphatic heterocycles. The van der Waals surface area contributed by atoms with Crippen LogP contribution in [0.3, 0.4) is 0 Å². The summed E-state index contributed by atoms with van der Waals surface area (Å²) in [6, 6.07) is 14.1. The normalized spacial score (nSPS) is 10.3. The maximum Gasteiger partial charge on any atom is 0.254 e. The predicted octanol–water partition coefficient (Wildman–Crippen LogP) is 4.16. The molecule has 0 radical (unpaired) electrons. The SMILES string of the molecule is CCN(CC)C(=O)c1ccccc1C(=O)c1ccc(Br)cc1. The predicted molar refractivity (Wildman–Crippen MR) is 91.3 cm³/mol. The number of carbonyl (C=O) groups excluding carboxylic acids is 2. The maximum absolute atomic E-state index is 12.7. The number of benzene rings is 2. The summed E-state index contributed by atoms with van der Waals surface area (Å²) in [4.78, 5) is 27.0. The highest BCUT2D eigenvalue weighted by atomic mass is 79.9. The Bertz CT molecular complexity index is 676. The van der Waals surface area contributed by atoms with Crippen LogP contribution in [0.2, 0.25) is 0 Å². The van der Waals surface area contributed by atoms with E-state index in [-0.39, 0.29) is 11.7 Å². The Morgan fingerprint density at radius 3 is 2.00 bits per heavy atom. The molecule has 0 N–H and O–H groups in total. The third kappa shape index (κ3) is 3.45. The zero-order valence-corrected chi connectivity index (χ0v) is 14.3. The summed E-state index contributed by atoms with van der Waals surface area (Å²) in [7, 11) is 0. The van der Waals surface area contributed by atoms with Gasteiger partial charge in [0.1, 0.15) is 0 Å². The van der Waals surface area contributed by atoms with Crippen molar-refractivity contribution in [3.8, 4) is 0 Å². The smallest absolute Gasteiger partial charge is 0.254 e. The first-order valence-corrected chi connectivity index (χ1v) is 8.06.